The average Bonchev–Trinajstić information content (AvgIpc) is 2.67. The number of carboxylic acids is 2. The summed E-state index contributed by atoms with van der Waals surface area (Å²) < 4.78 is 0. The minimum atomic E-state index is -0.732. The predicted octanol–water partition coefficient (Wildman–Crippen LogP) is 4.33. The summed E-state index contributed by atoms with van der Waals surface area (Å²) in [6.07, 6.45) is 13.5. The SMILES string of the molecule is O=C(O)C1CCC2CCCCC2[N-]1.O=C(O)C1CCC2CCCCC2[N-]1.[Zn+2]. The largest absolute Gasteiger partial charge is 2.00 e. The minimum absolute atomic E-state index is 0. The number of hydrogen-bond acceptors (Lipinski definition) is 2. The molecule has 4 fully saturated rings. The third-order valence-corrected chi connectivity index (χ3v) is 6.67. The van der Waals surface area contributed by atoms with Crippen molar-refractivity contribution in [1.82, 2.24) is 0 Å². The van der Waals surface area contributed by atoms with Gasteiger partial charge in [0.15, 0.2) is 0 Å². The first kappa shape index (κ1) is 22.8. The molecule has 7 heteroatoms. The van der Waals surface area contributed by atoms with Gasteiger partial charge in [0.1, 0.15) is 0 Å². The standard InChI is InChI=1S/2C10H16NO2.Zn/c2*12-10(13)9-6-5-7-3-1-2-4-8(7)11-9;/h2*7-9H,1-6H2,(H,12,13);/q2*-1;+2. The van der Waals surface area contributed by atoms with Crippen LogP contribution in [0.15, 0.2) is 0 Å². The van der Waals surface area contributed by atoms with E-state index in [0.29, 0.717) is 23.9 Å². The molecule has 0 aromatic rings. The molecule has 2 aliphatic heterocycles. The van der Waals surface area contributed by atoms with Gasteiger partial charge in [0, 0.05) is 0 Å². The summed E-state index contributed by atoms with van der Waals surface area (Å²) in [6.45, 7) is 0. The first-order valence-corrected chi connectivity index (χ1v) is 10.4. The Labute approximate surface area is 175 Å². The van der Waals surface area contributed by atoms with E-state index in [-0.39, 0.29) is 19.5 Å². The van der Waals surface area contributed by atoms with Crippen LogP contribution in [-0.2, 0) is 29.1 Å². The van der Waals surface area contributed by atoms with E-state index in [4.69, 9.17) is 10.2 Å². The summed E-state index contributed by atoms with van der Waals surface area (Å²) in [7, 11) is 0. The summed E-state index contributed by atoms with van der Waals surface area (Å²) in [5.74, 6) is -0.0678. The van der Waals surface area contributed by atoms with Gasteiger partial charge in [0.25, 0.3) is 11.9 Å². The van der Waals surface area contributed by atoms with Crippen molar-refractivity contribution in [3.05, 3.63) is 10.6 Å². The molecule has 0 amide bonds. The second kappa shape index (κ2) is 10.9. The molecule has 6 atom stereocenters. The Morgan fingerprint density at radius 2 is 0.963 bits per heavy atom. The van der Waals surface area contributed by atoms with Gasteiger partial charge in [-0.1, -0.05) is 88.9 Å². The van der Waals surface area contributed by atoms with E-state index in [2.05, 4.69) is 10.6 Å². The number of carboxylic acid groups (broad SMARTS) is 2. The number of nitrogens with zero attached hydrogens (tertiary/aromatic N) is 2. The molecule has 27 heavy (non-hydrogen) atoms. The quantitative estimate of drug-likeness (QED) is 0.637. The van der Waals surface area contributed by atoms with Gasteiger partial charge in [-0.3, -0.25) is 9.59 Å². The van der Waals surface area contributed by atoms with E-state index < -0.39 is 24.0 Å². The maximum absolute atomic E-state index is 10.7. The molecular formula is C20H32N2O4Zn. The Morgan fingerprint density at radius 3 is 1.33 bits per heavy atom. The Balaban J connectivity index is 0.000000187. The van der Waals surface area contributed by atoms with Gasteiger partial charge >= 0.3 is 19.5 Å². The zero-order chi connectivity index (χ0) is 18.5. The summed E-state index contributed by atoms with van der Waals surface area (Å²) >= 11 is 0. The second-order valence-electron chi connectivity index (χ2n) is 8.38. The van der Waals surface area contributed by atoms with Crippen LogP contribution in [0.3, 0.4) is 0 Å². The van der Waals surface area contributed by atoms with Crippen molar-refractivity contribution in [1.29, 1.82) is 0 Å². The van der Waals surface area contributed by atoms with Gasteiger partial charge in [-0.05, 0) is 12.1 Å². The number of rotatable bonds is 2. The molecule has 2 aliphatic carbocycles. The van der Waals surface area contributed by atoms with Crippen molar-refractivity contribution in [2.75, 3.05) is 0 Å². The Hall–Kier alpha value is -0.517. The molecule has 148 valence electrons. The van der Waals surface area contributed by atoms with E-state index in [0.717, 1.165) is 38.5 Å². The third kappa shape index (κ3) is 6.23. The molecule has 2 heterocycles. The fraction of sp³-hybridized carbons (Fsp3) is 0.900. The maximum atomic E-state index is 10.7. The van der Waals surface area contributed by atoms with Crippen molar-refractivity contribution in [3.8, 4) is 0 Å². The number of hydrogen-bond donors (Lipinski definition) is 2. The van der Waals surface area contributed by atoms with Gasteiger partial charge in [-0.15, -0.1) is 12.1 Å². The molecule has 0 bridgehead atoms. The van der Waals surface area contributed by atoms with E-state index in [1.54, 1.807) is 0 Å². The monoisotopic (exact) mass is 428 g/mol. The Bertz CT molecular complexity index is 460. The number of fused-ring (bicyclic) bond motifs is 2. The van der Waals surface area contributed by atoms with Gasteiger partial charge in [0.05, 0.1) is 0 Å². The summed E-state index contributed by atoms with van der Waals surface area (Å²) in [5.41, 5.74) is 0. The topological polar surface area (TPSA) is 103 Å². The fourth-order valence-electron chi connectivity index (χ4n) is 5.17. The molecule has 2 N–H and O–H groups in total. The van der Waals surface area contributed by atoms with Crippen LogP contribution in [0, 0.1) is 11.8 Å². The first-order valence-electron chi connectivity index (χ1n) is 10.4. The average molecular weight is 430 g/mol. The first-order chi connectivity index (χ1) is 12.5. The number of aliphatic carboxylic acids is 2. The van der Waals surface area contributed by atoms with E-state index in [1.807, 2.05) is 0 Å². The van der Waals surface area contributed by atoms with Gasteiger partial charge < -0.3 is 20.8 Å². The van der Waals surface area contributed by atoms with Crippen molar-refractivity contribution in [2.24, 2.45) is 11.8 Å². The molecular weight excluding hydrogens is 398 g/mol. The number of piperidine rings is 2. The van der Waals surface area contributed by atoms with Crippen molar-refractivity contribution >= 4 is 11.9 Å². The van der Waals surface area contributed by atoms with Crippen molar-refractivity contribution in [2.45, 2.75) is 101 Å². The molecule has 4 aliphatic rings. The molecule has 0 spiro atoms. The van der Waals surface area contributed by atoms with Gasteiger partial charge in [-0.2, -0.15) is 0 Å². The van der Waals surface area contributed by atoms with Crippen LogP contribution >= 0.6 is 0 Å². The fourth-order valence-corrected chi connectivity index (χ4v) is 5.17. The zero-order valence-corrected chi connectivity index (χ0v) is 19.2. The van der Waals surface area contributed by atoms with Crippen LogP contribution in [0.1, 0.15) is 77.0 Å². The van der Waals surface area contributed by atoms with Crippen LogP contribution < -0.4 is 0 Å². The molecule has 0 radical (unpaired) electrons. The van der Waals surface area contributed by atoms with Crippen LogP contribution in [0.4, 0.5) is 0 Å². The molecule has 2 saturated carbocycles. The molecule has 2 saturated heterocycles. The molecule has 6 unspecified atom stereocenters. The van der Waals surface area contributed by atoms with Crippen LogP contribution in [0.25, 0.3) is 10.6 Å². The summed E-state index contributed by atoms with van der Waals surface area (Å²) in [4.78, 5) is 21.5. The summed E-state index contributed by atoms with van der Waals surface area (Å²) in [5, 5.41) is 26.5. The Morgan fingerprint density at radius 1 is 0.593 bits per heavy atom. The normalized spacial score (nSPS) is 38.1. The number of carbonyl (C=O) groups is 2. The van der Waals surface area contributed by atoms with E-state index in [9.17, 15) is 9.59 Å². The van der Waals surface area contributed by atoms with Gasteiger partial charge in [-0.25, -0.2) is 0 Å². The maximum Gasteiger partial charge on any atom is 2.00 e. The van der Waals surface area contributed by atoms with Crippen LogP contribution in [-0.4, -0.2) is 46.3 Å². The minimum Gasteiger partial charge on any atom is -0.647 e. The molecule has 0 aromatic carbocycles. The zero-order valence-electron chi connectivity index (χ0n) is 16.3. The van der Waals surface area contributed by atoms with Crippen molar-refractivity contribution in [3.63, 3.8) is 0 Å². The summed E-state index contributed by atoms with van der Waals surface area (Å²) in [6, 6.07) is -0.0779. The molecule has 0 aromatic heterocycles. The second-order valence-corrected chi connectivity index (χ2v) is 8.38. The third-order valence-electron chi connectivity index (χ3n) is 6.67. The molecule has 6 nitrogen and oxygen atoms in total. The van der Waals surface area contributed by atoms with Crippen LogP contribution in [0.5, 0.6) is 0 Å². The van der Waals surface area contributed by atoms with Crippen molar-refractivity contribution < 1.29 is 39.3 Å². The van der Waals surface area contributed by atoms with Crippen LogP contribution in [0.2, 0.25) is 0 Å². The Kier molecular flexibility index (Phi) is 9.17. The molecule has 4 rings (SSSR count). The van der Waals surface area contributed by atoms with E-state index >= 15 is 0 Å². The predicted molar refractivity (Wildman–Crippen MR) is 99.5 cm³/mol. The smallest absolute Gasteiger partial charge is 0.647 e. The van der Waals surface area contributed by atoms with E-state index in [1.165, 1.54) is 38.5 Å². The van der Waals surface area contributed by atoms with Gasteiger partial charge in [0.2, 0.25) is 0 Å².